The maximum Gasteiger partial charge on any atom is 0.293 e. The number of nitrogens with zero attached hydrogens (tertiary/aromatic N) is 3. The lowest BCUT2D eigenvalue weighted by Gasteiger charge is -2.28. The highest BCUT2D eigenvalue weighted by atomic mass is 32.2. The molecule has 28 heavy (non-hydrogen) atoms. The zero-order valence-corrected chi connectivity index (χ0v) is 16.8. The second kappa shape index (κ2) is 7.78. The van der Waals surface area contributed by atoms with Crippen molar-refractivity contribution in [1.82, 2.24) is 4.31 Å². The van der Waals surface area contributed by atoms with E-state index in [4.69, 9.17) is 4.74 Å². The van der Waals surface area contributed by atoms with Crippen molar-refractivity contribution in [1.29, 1.82) is 0 Å². The fourth-order valence-corrected chi connectivity index (χ4v) is 5.99. The second-order valence-corrected chi connectivity index (χ2v) is 9.55. The van der Waals surface area contributed by atoms with E-state index >= 15 is 0 Å². The first-order valence-corrected chi connectivity index (χ1v) is 11.5. The van der Waals surface area contributed by atoms with Crippen LogP contribution in [0.5, 0.6) is 0 Å². The molecular weight excluding hydrogens is 402 g/mol. The van der Waals surface area contributed by atoms with Crippen molar-refractivity contribution in [3.05, 3.63) is 50.7 Å². The van der Waals surface area contributed by atoms with E-state index < -0.39 is 14.9 Å². The molecule has 150 valence electrons. The number of nitro benzene ring substituents is 1. The Kier molecular flexibility index (Phi) is 5.37. The zero-order chi connectivity index (χ0) is 19.7. The third-order valence-electron chi connectivity index (χ3n) is 5.24. The van der Waals surface area contributed by atoms with Gasteiger partial charge in [0, 0.05) is 25.7 Å². The molecule has 0 aliphatic carbocycles. The summed E-state index contributed by atoms with van der Waals surface area (Å²) in [5.41, 5.74) is 1.44. The molecule has 1 atom stereocenters. The zero-order valence-electron chi connectivity index (χ0n) is 15.2. The van der Waals surface area contributed by atoms with E-state index in [0.717, 1.165) is 18.4 Å². The molecule has 3 heterocycles. The lowest BCUT2D eigenvalue weighted by molar-refractivity contribution is -0.384. The van der Waals surface area contributed by atoms with Gasteiger partial charge >= 0.3 is 0 Å². The van der Waals surface area contributed by atoms with Gasteiger partial charge in [-0.25, -0.2) is 8.42 Å². The average molecular weight is 424 g/mol. The number of benzene rings is 1. The highest BCUT2D eigenvalue weighted by Gasteiger charge is 2.33. The molecule has 8 nitrogen and oxygen atoms in total. The molecule has 0 radical (unpaired) electrons. The van der Waals surface area contributed by atoms with Crippen LogP contribution in [0.4, 0.5) is 11.4 Å². The largest absolute Gasteiger partial charge is 0.379 e. The van der Waals surface area contributed by atoms with Crippen LogP contribution in [0.1, 0.15) is 24.4 Å². The Balaban J connectivity index is 1.71. The highest BCUT2D eigenvalue weighted by molar-refractivity contribution is 7.89. The Morgan fingerprint density at radius 1 is 1.18 bits per heavy atom. The van der Waals surface area contributed by atoms with E-state index in [1.54, 1.807) is 17.4 Å². The number of sulfonamides is 1. The molecule has 2 fully saturated rings. The summed E-state index contributed by atoms with van der Waals surface area (Å²) in [5.74, 6) is 0. The quantitative estimate of drug-likeness (QED) is 0.542. The van der Waals surface area contributed by atoms with Gasteiger partial charge in [-0.3, -0.25) is 10.1 Å². The van der Waals surface area contributed by atoms with Crippen LogP contribution in [0.25, 0.3) is 0 Å². The Hall–Kier alpha value is -2.01. The summed E-state index contributed by atoms with van der Waals surface area (Å²) in [5, 5.41) is 15.8. The van der Waals surface area contributed by atoms with E-state index in [9.17, 15) is 18.5 Å². The minimum Gasteiger partial charge on any atom is -0.379 e. The van der Waals surface area contributed by atoms with Crippen LogP contribution in [0.15, 0.2) is 39.9 Å². The molecule has 2 aliphatic rings. The van der Waals surface area contributed by atoms with Gasteiger partial charge in [0.1, 0.15) is 5.69 Å². The number of ether oxygens (including phenoxy) is 1. The summed E-state index contributed by atoms with van der Waals surface area (Å²) in [6.07, 6.45) is 1.85. The number of morpholine rings is 1. The van der Waals surface area contributed by atoms with Gasteiger partial charge in [-0.15, -0.1) is 0 Å². The first-order valence-electron chi connectivity index (χ1n) is 9.13. The molecular formula is C18H21N3O5S2. The van der Waals surface area contributed by atoms with Crippen molar-refractivity contribution in [3.8, 4) is 0 Å². The maximum absolute atomic E-state index is 12.9. The summed E-state index contributed by atoms with van der Waals surface area (Å²) in [4.78, 5) is 13.3. The summed E-state index contributed by atoms with van der Waals surface area (Å²) in [6.45, 7) is 1.87. The van der Waals surface area contributed by atoms with E-state index in [-0.39, 0.29) is 29.7 Å². The van der Waals surface area contributed by atoms with Crippen LogP contribution >= 0.6 is 11.3 Å². The monoisotopic (exact) mass is 423 g/mol. The number of anilines is 1. The summed E-state index contributed by atoms with van der Waals surface area (Å²) in [6, 6.07) is 6.37. The van der Waals surface area contributed by atoms with Crippen molar-refractivity contribution >= 4 is 32.7 Å². The third-order valence-corrected chi connectivity index (χ3v) is 7.84. The molecule has 0 amide bonds. The first-order chi connectivity index (χ1) is 13.5. The fraction of sp³-hybridized carbons (Fsp3) is 0.444. The molecule has 1 aromatic carbocycles. The Morgan fingerprint density at radius 2 is 1.96 bits per heavy atom. The minimum atomic E-state index is -3.78. The summed E-state index contributed by atoms with van der Waals surface area (Å²) in [7, 11) is -3.78. The van der Waals surface area contributed by atoms with Crippen molar-refractivity contribution in [3.63, 3.8) is 0 Å². The molecule has 4 rings (SSSR count). The van der Waals surface area contributed by atoms with E-state index in [0.29, 0.717) is 25.4 Å². The minimum absolute atomic E-state index is 0.0452. The lowest BCUT2D eigenvalue weighted by atomic mass is 10.1. The Labute approximate surface area is 167 Å². The van der Waals surface area contributed by atoms with Gasteiger partial charge in [0.2, 0.25) is 10.0 Å². The van der Waals surface area contributed by atoms with Crippen molar-refractivity contribution < 1.29 is 18.1 Å². The van der Waals surface area contributed by atoms with E-state index in [1.807, 2.05) is 16.3 Å². The average Bonchev–Trinajstić information content (AvgIpc) is 3.39. The molecule has 1 aromatic heterocycles. The molecule has 2 aliphatic heterocycles. The smallest absolute Gasteiger partial charge is 0.293 e. The van der Waals surface area contributed by atoms with Gasteiger partial charge in [0.15, 0.2) is 0 Å². The van der Waals surface area contributed by atoms with Crippen LogP contribution in [-0.4, -0.2) is 50.5 Å². The predicted octanol–water partition coefficient (Wildman–Crippen LogP) is 3.02. The van der Waals surface area contributed by atoms with Crippen LogP contribution < -0.4 is 4.90 Å². The van der Waals surface area contributed by atoms with Crippen molar-refractivity contribution in [2.45, 2.75) is 23.8 Å². The Bertz CT molecular complexity index is 956. The van der Waals surface area contributed by atoms with Gasteiger partial charge in [-0.1, -0.05) is 0 Å². The maximum atomic E-state index is 12.9. The predicted molar refractivity (Wildman–Crippen MR) is 106 cm³/mol. The molecule has 0 saturated carbocycles. The van der Waals surface area contributed by atoms with Crippen molar-refractivity contribution in [2.75, 3.05) is 37.7 Å². The number of rotatable bonds is 5. The third kappa shape index (κ3) is 3.52. The normalized spacial score (nSPS) is 21.1. The van der Waals surface area contributed by atoms with Crippen LogP contribution in [0, 0.1) is 10.1 Å². The number of thiophene rings is 1. The van der Waals surface area contributed by atoms with E-state index in [2.05, 4.69) is 5.38 Å². The molecule has 10 heteroatoms. The number of hydrogen-bond acceptors (Lipinski definition) is 7. The van der Waals surface area contributed by atoms with Gasteiger partial charge < -0.3 is 9.64 Å². The van der Waals surface area contributed by atoms with Crippen LogP contribution in [0.2, 0.25) is 0 Å². The molecule has 0 bridgehead atoms. The Morgan fingerprint density at radius 3 is 2.64 bits per heavy atom. The second-order valence-electron chi connectivity index (χ2n) is 6.83. The molecule has 2 aromatic rings. The first kappa shape index (κ1) is 19.3. The molecule has 0 N–H and O–H groups in total. The standard InChI is InChI=1S/C18H21N3O5S2/c22-21(23)18-12-15(28(24,25)19-7-9-26-10-8-19)3-4-17(18)20-6-1-2-16(20)14-5-11-27-13-14/h3-5,11-13,16H,1-2,6-10H2/t16-/m1/s1. The number of nitro groups is 1. The van der Waals surface area contributed by atoms with Crippen LogP contribution in [0.3, 0.4) is 0 Å². The SMILES string of the molecule is O=[N+]([O-])c1cc(S(=O)(=O)N2CCOCC2)ccc1N1CCC[C@@H]1c1ccsc1. The molecule has 0 spiro atoms. The topological polar surface area (TPSA) is 93.0 Å². The molecule has 2 saturated heterocycles. The van der Waals surface area contributed by atoms with Gasteiger partial charge in [0.05, 0.1) is 29.1 Å². The van der Waals surface area contributed by atoms with Gasteiger partial charge in [0.25, 0.3) is 5.69 Å². The summed E-state index contributed by atoms with van der Waals surface area (Å²) >= 11 is 1.60. The van der Waals surface area contributed by atoms with Gasteiger partial charge in [-0.05, 0) is 47.4 Å². The highest BCUT2D eigenvalue weighted by Crippen LogP contribution is 2.41. The summed E-state index contributed by atoms with van der Waals surface area (Å²) < 4.78 is 32.3. The van der Waals surface area contributed by atoms with Crippen molar-refractivity contribution in [2.24, 2.45) is 0 Å². The number of hydrogen-bond donors (Lipinski definition) is 0. The van der Waals surface area contributed by atoms with Gasteiger partial charge in [-0.2, -0.15) is 15.6 Å². The lowest BCUT2D eigenvalue weighted by Crippen LogP contribution is -2.40. The molecule has 0 unspecified atom stereocenters. The van der Waals surface area contributed by atoms with E-state index in [1.165, 1.54) is 16.4 Å². The fourth-order valence-electron chi connectivity index (χ4n) is 3.86. The van der Waals surface area contributed by atoms with Crippen LogP contribution in [-0.2, 0) is 14.8 Å².